The van der Waals surface area contributed by atoms with Crippen LogP contribution in [0.3, 0.4) is 0 Å². The minimum atomic E-state index is -0.203. The molecule has 0 aliphatic carbocycles. The van der Waals surface area contributed by atoms with Gasteiger partial charge >= 0.3 is 0 Å². The average molecular weight is 258 g/mol. The fourth-order valence-electron chi connectivity index (χ4n) is 2.03. The molecule has 0 bridgehead atoms. The summed E-state index contributed by atoms with van der Waals surface area (Å²) in [5, 5.41) is 3.33. The van der Waals surface area contributed by atoms with Gasteiger partial charge in [0.05, 0.1) is 0 Å². The van der Waals surface area contributed by atoms with Gasteiger partial charge in [0.1, 0.15) is 5.82 Å². The zero-order valence-electron chi connectivity index (χ0n) is 11.6. The van der Waals surface area contributed by atoms with Crippen molar-refractivity contribution in [3.63, 3.8) is 0 Å². The van der Waals surface area contributed by atoms with Gasteiger partial charge in [0.15, 0.2) is 0 Å². The van der Waals surface area contributed by atoms with Gasteiger partial charge in [-0.15, -0.1) is 0 Å². The number of nitrogens with one attached hydrogen (secondary N) is 1. The number of rotatable bonds is 4. The molecule has 0 saturated carbocycles. The molecule has 0 spiro atoms. The van der Waals surface area contributed by atoms with Crippen LogP contribution in [0.25, 0.3) is 11.1 Å². The highest BCUT2D eigenvalue weighted by Gasteiger charge is 2.09. The lowest BCUT2D eigenvalue weighted by Gasteiger charge is -2.14. The maximum absolute atomic E-state index is 13.4. The summed E-state index contributed by atoms with van der Waals surface area (Å²) in [5.74, 6) is -0.203. The average Bonchev–Trinajstić information content (AvgIpc) is 2.37. The molecule has 2 nitrogen and oxygen atoms in total. The largest absolute Gasteiger partial charge is 0.310 e. The van der Waals surface area contributed by atoms with Gasteiger partial charge in [-0.3, -0.25) is 4.98 Å². The summed E-state index contributed by atoms with van der Waals surface area (Å²) in [6.07, 6.45) is 3.61. The molecule has 0 fully saturated rings. The van der Waals surface area contributed by atoms with E-state index in [-0.39, 0.29) is 5.82 Å². The van der Waals surface area contributed by atoms with E-state index in [1.54, 1.807) is 12.3 Å². The Bertz CT molecular complexity index is 564. The van der Waals surface area contributed by atoms with Crippen LogP contribution < -0.4 is 5.32 Å². The van der Waals surface area contributed by atoms with Crippen LogP contribution in [0.15, 0.2) is 36.7 Å². The van der Waals surface area contributed by atoms with Crippen molar-refractivity contribution in [1.29, 1.82) is 0 Å². The van der Waals surface area contributed by atoms with E-state index in [0.29, 0.717) is 12.6 Å². The summed E-state index contributed by atoms with van der Waals surface area (Å²) < 4.78 is 13.4. The van der Waals surface area contributed by atoms with Gasteiger partial charge in [0.2, 0.25) is 0 Å². The van der Waals surface area contributed by atoms with Crippen molar-refractivity contribution < 1.29 is 4.39 Å². The molecule has 19 heavy (non-hydrogen) atoms. The third-order valence-electron chi connectivity index (χ3n) is 3.10. The summed E-state index contributed by atoms with van der Waals surface area (Å²) in [5.41, 5.74) is 4.21. The number of pyridine rings is 1. The van der Waals surface area contributed by atoms with E-state index in [2.05, 4.69) is 24.1 Å². The minimum absolute atomic E-state index is 0.203. The Balaban J connectivity index is 2.42. The molecule has 1 aromatic carbocycles. The van der Waals surface area contributed by atoms with Crippen LogP contribution in [0.5, 0.6) is 0 Å². The summed E-state index contributed by atoms with van der Waals surface area (Å²) in [4.78, 5) is 4.17. The molecule has 0 unspecified atom stereocenters. The second-order valence-electron chi connectivity index (χ2n) is 5.03. The topological polar surface area (TPSA) is 24.9 Å². The maximum Gasteiger partial charge on any atom is 0.123 e. The number of halogens is 1. The van der Waals surface area contributed by atoms with Crippen molar-refractivity contribution in [2.45, 2.75) is 33.4 Å². The van der Waals surface area contributed by atoms with E-state index in [0.717, 1.165) is 22.3 Å². The van der Waals surface area contributed by atoms with E-state index < -0.39 is 0 Å². The Kier molecular flexibility index (Phi) is 4.27. The van der Waals surface area contributed by atoms with Gasteiger partial charge in [0.25, 0.3) is 0 Å². The standard InChI is InChI=1S/C16H19FN2/c1-11(2)19-9-13-8-14(17)4-5-15(13)16-10-18-7-6-12(16)3/h4-8,10-11,19H,9H2,1-3H3. The molecule has 100 valence electrons. The predicted octanol–water partition coefficient (Wildman–Crippen LogP) is 3.69. The Morgan fingerprint density at radius 1 is 1.21 bits per heavy atom. The minimum Gasteiger partial charge on any atom is -0.310 e. The Morgan fingerprint density at radius 2 is 2.00 bits per heavy atom. The predicted molar refractivity (Wildman–Crippen MR) is 76.3 cm³/mol. The normalized spacial score (nSPS) is 11.0. The fraction of sp³-hybridized carbons (Fsp3) is 0.312. The molecular weight excluding hydrogens is 239 g/mol. The van der Waals surface area contributed by atoms with Crippen molar-refractivity contribution in [3.05, 3.63) is 53.6 Å². The van der Waals surface area contributed by atoms with Gasteiger partial charge in [-0.25, -0.2) is 4.39 Å². The van der Waals surface area contributed by atoms with E-state index in [4.69, 9.17) is 0 Å². The molecule has 0 amide bonds. The second kappa shape index (κ2) is 5.93. The summed E-state index contributed by atoms with van der Waals surface area (Å²) in [6.45, 7) is 6.85. The molecular formula is C16H19FN2. The Labute approximate surface area is 113 Å². The van der Waals surface area contributed by atoms with Gasteiger partial charge < -0.3 is 5.32 Å². The summed E-state index contributed by atoms with van der Waals surface area (Å²) in [6, 6.07) is 7.26. The van der Waals surface area contributed by atoms with Crippen LogP contribution in [-0.4, -0.2) is 11.0 Å². The van der Waals surface area contributed by atoms with Gasteiger partial charge in [-0.2, -0.15) is 0 Å². The molecule has 0 aliphatic heterocycles. The quantitative estimate of drug-likeness (QED) is 0.904. The SMILES string of the molecule is Cc1ccncc1-c1ccc(F)cc1CNC(C)C. The first-order valence-electron chi connectivity index (χ1n) is 6.50. The molecule has 0 aliphatic rings. The van der Waals surface area contributed by atoms with E-state index in [9.17, 15) is 4.39 Å². The summed E-state index contributed by atoms with van der Waals surface area (Å²) >= 11 is 0. The number of aromatic nitrogens is 1. The number of benzene rings is 1. The number of hydrogen-bond donors (Lipinski definition) is 1. The van der Waals surface area contributed by atoms with Crippen LogP contribution >= 0.6 is 0 Å². The fourth-order valence-corrected chi connectivity index (χ4v) is 2.03. The lowest BCUT2D eigenvalue weighted by atomic mass is 9.97. The van der Waals surface area contributed by atoms with E-state index in [1.165, 1.54) is 6.07 Å². The molecule has 1 heterocycles. The maximum atomic E-state index is 13.4. The highest BCUT2D eigenvalue weighted by Crippen LogP contribution is 2.26. The molecule has 1 N–H and O–H groups in total. The monoisotopic (exact) mass is 258 g/mol. The zero-order chi connectivity index (χ0) is 13.8. The van der Waals surface area contributed by atoms with Gasteiger partial charge in [-0.05, 0) is 41.8 Å². The molecule has 0 atom stereocenters. The molecule has 0 radical (unpaired) electrons. The molecule has 2 rings (SSSR count). The Morgan fingerprint density at radius 3 is 2.68 bits per heavy atom. The first-order chi connectivity index (χ1) is 9.08. The van der Waals surface area contributed by atoms with E-state index >= 15 is 0 Å². The first kappa shape index (κ1) is 13.7. The highest BCUT2D eigenvalue weighted by molar-refractivity contribution is 5.69. The third-order valence-corrected chi connectivity index (χ3v) is 3.10. The molecule has 1 aromatic heterocycles. The van der Waals surface area contributed by atoms with Crippen LogP contribution in [0.4, 0.5) is 4.39 Å². The highest BCUT2D eigenvalue weighted by atomic mass is 19.1. The lowest BCUT2D eigenvalue weighted by Crippen LogP contribution is -2.22. The molecule has 3 heteroatoms. The number of nitrogens with zero attached hydrogens (tertiary/aromatic N) is 1. The van der Waals surface area contributed by atoms with E-state index in [1.807, 2.05) is 25.3 Å². The van der Waals surface area contributed by atoms with Crippen LogP contribution in [0.2, 0.25) is 0 Å². The lowest BCUT2D eigenvalue weighted by molar-refractivity contribution is 0.582. The van der Waals surface area contributed by atoms with Gasteiger partial charge in [0, 0.05) is 30.5 Å². The van der Waals surface area contributed by atoms with Crippen LogP contribution in [-0.2, 0) is 6.54 Å². The van der Waals surface area contributed by atoms with Crippen molar-refractivity contribution in [2.75, 3.05) is 0 Å². The second-order valence-corrected chi connectivity index (χ2v) is 5.03. The Hall–Kier alpha value is -1.74. The smallest absolute Gasteiger partial charge is 0.123 e. The van der Waals surface area contributed by atoms with Crippen molar-refractivity contribution in [1.82, 2.24) is 10.3 Å². The molecule has 0 saturated heterocycles. The zero-order valence-corrected chi connectivity index (χ0v) is 11.6. The first-order valence-corrected chi connectivity index (χ1v) is 6.50. The van der Waals surface area contributed by atoms with Crippen LogP contribution in [0.1, 0.15) is 25.0 Å². The van der Waals surface area contributed by atoms with Crippen molar-refractivity contribution in [3.8, 4) is 11.1 Å². The number of aryl methyl sites for hydroxylation is 1. The van der Waals surface area contributed by atoms with Crippen molar-refractivity contribution >= 4 is 0 Å². The number of hydrogen-bond acceptors (Lipinski definition) is 2. The van der Waals surface area contributed by atoms with Crippen LogP contribution in [0, 0.1) is 12.7 Å². The van der Waals surface area contributed by atoms with Crippen molar-refractivity contribution in [2.24, 2.45) is 0 Å². The summed E-state index contributed by atoms with van der Waals surface area (Å²) in [7, 11) is 0. The third kappa shape index (κ3) is 3.38. The van der Waals surface area contributed by atoms with Gasteiger partial charge in [-0.1, -0.05) is 19.9 Å². The molecule has 2 aromatic rings.